The minimum atomic E-state index is 0.0381. The standard InChI is InChI=1S/C28H31NO.C26H27NO.C26H21NO.C25H25NO.C24H25NO/c1-19-11-13-21(14-12-19)29(4)25-10-6-9-24-23-8-5-7-22(26(23)30-27(24)25)20-15-17-28(2,3)18-16-20;2*1-18-14-16-20(17-15-18)27(2)24-13-7-12-23-22-11-6-10-21(25(22)28-26(23)24)19-8-4-3-5-9-19;1-17-13-15-19(16-14-17)26(2)23-12-6-11-22-21-10-5-9-20(18-7-3-4-8-18)24(21)27-25(22)23;1-16-12-14-17(15-13-16)25(5)21-11-7-9-19-18-8-6-10-20(24(2,3)4)22(18)26-23(19)21/h5-14,20H,15-18H2,1-4H3;6-7,10-17,19H,3-5,8-9H2,1-2H3;3-17H,1-2H3;5-6,9-16,18H,3-4,7-8H2,1-2H3;6-15H,1-5H3. The van der Waals surface area contributed by atoms with Crippen LogP contribution in [0, 0.1) is 40.0 Å². The minimum absolute atomic E-state index is 0.0381. The van der Waals surface area contributed by atoms with Crippen LogP contribution in [0.4, 0.5) is 56.9 Å². The monoisotopic (exact) mass is 1830 g/mol. The highest BCUT2D eigenvalue weighted by molar-refractivity contribution is 6.16. The molecule has 0 spiro atoms. The second kappa shape index (κ2) is 39.2. The van der Waals surface area contributed by atoms with Crippen LogP contribution in [0.15, 0.2) is 356 Å². The molecule has 5 heterocycles. The lowest BCUT2D eigenvalue weighted by Gasteiger charge is -2.34. The smallest absolute Gasteiger partial charge is 0.159 e. The fourth-order valence-corrected chi connectivity index (χ4v) is 21.7. The summed E-state index contributed by atoms with van der Waals surface area (Å²) in [7, 11) is 10.5. The molecular weight excluding hydrogens is 1700 g/mol. The number of benzene rings is 16. The zero-order valence-electron chi connectivity index (χ0n) is 83.5. The number of fused-ring (bicyclic) bond motifs is 15. The first-order valence-electron chi connectivity index (χ1n) is 50.2. The molecule has 16 aromatic carbocycles. The summed E-state index contributed by atoms with van der Waals surface area (Å²) in [4.78, 5) is 11.1. The maximum atomic E-state index is 6.64. The van der Waals surface area contributed by atoms with Crippen LogP contribution in [0.2, 0.25) is 0 Å². The molecule has 24 rings (SSSR count). The molecule has 700 valence electrons. The molecule has 0 bridgehead atoms. The molecule has 10 heteroatoms. The van der Waals surface area contributed by atoms with Gasteiger partial charge in [-0.3, -0.25) is 0 Å². The van der Waals surface area contributed by atoms with Gasteiger partial charge >= 0.3 is 0 Å². The third kappa shape index (κ3) is 18.7. The number of anilines is 10. The highest BCUT2D eigenvalue weighted by atomic mass is 16.3. The van der Waals surface area contributed by atoms with Crippen LogP contribution in [0.1, 0.15) is 186 Å². The second-order valence-electron chi connectivity index (χ2n) is 41.2. The molecule has 0 radical (unpaired) electrons. The van der Waals surface area contributed by atoms with Gasteiger partial charge in [-0.15, -0.1) is 0 Å². The van der Waals surface area contributed by atoms with Crippen molar-refractivity contribution in [1.82, 2.24) is 0 Å². The van der Waals surface area contributed by atoms with Crippen molar-refractivity contribution in [1.29, 1.82) is 0 Å². The molecule has 0 N–H and O–H groups in total. The van der Waals surface area contributed by atoms with Gasteiger partial charge < -0.3 is 46.6 Å². The molecule has 10 nitrogen and oxygen atoms in total. The van der Waals surface area contributed by atoms with E-state index < -0.39 is 0 Å². The predicted octanol–water partition coefficient (Wildman–Crippen LogP) is 37.7. The number of furan rings is 5. The summed E-state index contributed by atoms with van der Waals surface area (Å²) in [5.41, 5.74) is 35.9. The van der Waals surface area contributed by atoms with E-state index in [-0.39, 0.29) is 5.41 Å². The van der Waals surface area contributed by atoms with E-state index in [0.29, 0.717) is 23.2 Å². The van der Waals surface area contributed by atoms with Gasteiger partial charge in [0.25, 0.3) is 0 Å². The Bertz CT molecular complexity index is 7940. The van der Waals surface area contributed by atoms with Crippen molar-refractivity contribution in [3.8, 4) is 11.1 Å². The maximum absolute atomic E-state index is 6.64. The van der Waals surface area contributed by atoms with E-state index >= 15 is 0 Å². The van der Waals surface area contributed by atoms with Gasteiger partial charge in [0, 0.05) is 129 Å². The average molecular weight is 1830 g/mol. The van der Waals surface area contributed by atoms with Gasteiger partial charge in [0.2, 0.25) is 0 Å². The Balaban J connectivity index is 0.000000107. The first-order valence-corrected chi connectivity index (χ1v) is 50.2. The lowest BCUT2D eigenvalue weighted by atomic mass is 9.71. The van der Waals surface area contributed by atoms with Crippen molar-refractivity contribution >= 4 is 167 Å². The molecule has 3 saturated carbocycles. The van der Waals surface area contributed by atoms with E-state index in [1.807, 2.05) is 6.07 Å². The SMILES string of the molecule is Cc1ccc(N(C)c2cccc3c2oc2c(-c4ccccc4)cccc23)cc1.Cc1ccc(N(C)c2cccc3c2oc2c(C(C)(C)C)cccc23)cc1.Cc1ccc(N(C)c2cccc3c2oc2c(C4CCC(C)(C)CC4)cccc23)cc1.Cc1ccc(N(C)c2cccc3c2oc2c(C4CCCC4)cccc23)cc1.Cc1ccc(N(C)c2cccc3c2oc2c(C4CCCCC4)cccc23)cc1. The van der Waals surface area contributed by atoms with Crippen LogP contribution >= 0.6 is 0 Å². The Morgan fingerprint density at radius 2 is 0.468 bits per heavy atom. The van der Waals surface area contributed by atoms with Crippen LogP contribution in [-0.2, 0) is 5.41 Å². The number of aryl methyl sites for hydroxylation is 5. The fourth-order valence-electron chi connectivity index (χ4n) is 21.7. The van der Waals surface area contributed by atoms with Crippen LogP contribution in [0.5, 0.6) is 0 Å². The molecule has 3 fully saturated rings. The number of hydrogen-bond donors (Lipinski definition) is 0. The summed E-state index contributed by atoms with van der Waals surface area (Å²) in [6, 6.07) is 119. The van der Waals surface area contributed by atoms with E-state index in [9.17, 15) is 0 Å². The van der Waals surface area contributed by atoms with Gasteiger partial charge in [-0.05, 0) is 228 Å². The highest BCUT2D eigenvalue weighted by Gasteiger charge is 2.32. The number of nitrogens with zero attached hydrogens (tertiary/aromatic N) is 5. The third-order valence-electron chi connectivity index (χ3n) is 30.0. The van der Waals surface area contributed by atoms with Crippen molar-refractivity contribution in [2.24, 2.45) is 5.41 Å². The van der Waals surface area contributed by atoms with Gasteiger partial charge in [0.15, 0.2) is 27.9 Å². The highest BCUT2D eigenvalue weighted by Crippen LogP contribution is 2.51. The van der Waals surface area contributed by atoms with E-state index in [4.69, 9.17) is 22.1 Å². The Labute approximate surface area is 819 Å². The van der Waals surface area contributed by atoms with Crippen LogP contribution in [0.3, 0.4) is 0 Å². The topological polar surface area (TPSA) is 81.9 Å². The minimum Gasteiger partial charge on any atom is -0.454 e. The Morgan fingerprint density at radius 1 is 0.230 bits per heavy atom. The lowest BCUT2D eigenvalue weighted by molar-refractivity contribution is 0.224. The second-order valence-corrected chi connectivity index (χ2v) is 41.2. The van der Waals surface area contributed by atoms with Crippen molar-refractivity contribution in [3.05, 3.63) is 384 Å². The fraction of sp³-hybridized carbons (Fsp3) is 0.256. The summed E-state index contributed by atoms with van der Waals surface area (Å²) in [6.45, 7) is 22.1. The molecule has 0 aliphatic heterocycles. The molecule has 0 saturated heterocycles. The normalized spacial score (nSPS) is 14.2. The summed E-state index contributed by atoms with van der Waals surface area (Å²) in [6.07, 6.45) is 16.9. The number of para-hydroxylation sites is 10. The van der Waals surface area contributed by atoms with Gasteiger partial charge in [-0.25, -0.2) is 0 Å². The van der Waals surface area contributed by atoms with E-state index in [1.54, 1.807) is 0 Å². The maximum Gasteiger partial charge on any atom is 0.159 e. The molecule has 0 amide bonds. The van der Waals surface area contributed by atoms with Crippen LogP contribution < -0.4 is 24.5 Å². The largest absolute Gasteiger partial charge is 0.454 e. The first-order chi connectivity index (χ1) is 67.4. The lowest BCUT2D eigenvalue weighted by Crippen LogP contribution is -2.20. The van der Waals surface area contributed by atoms with Crippen LogP contribution in [0.25, 0.3) is 121 Å². The summed E-state index contributed by atoms with van der Waals surface area (Å²) < 4.78 is 32.7. The average Bonchev–Trinajstić information content (AvgIpc) is 1.63. The van der Waals surface area contributed by atoms with Crippen molar-refractivity contribution in [2.75, 3.05) is 59.7 Å². The predicted molar refractivity (Wildman–Crippen MR) is 591 cm³/mol. The zero-order valence-corrected chi connectivity index (χ0v) is 83.5. The molecule has 21 aromatic rings. The molecular formula is C129H129N5O5. The van der Waals surface area contributed by atoms with E-state index in [1.165, 1.54) is 199 Å². The first kappa shape index (κ1) is 92.2. The van der Waals surface area contributed by atoms with Gasteiger partial charge in [-0.2, -0.15) is 0 Å². The van der Waals surface area contributed by atoms with Crippen molar-refractivity contribution in [2.45, 2.75) is 176 Å². The Kier molecular flexibility index (Phi) is 26.0. The molecule has 0 unspecified atom stereocenters. The molecule has 3 aliphatic rings. The summed E-state index contributed by atoms with van der Waals surface area (Å²) in [5.74, 6) is 1.88. The van der Waals surface area contributed by atoms with E-state index in [0.717, 1.165) is 112 Å². The molecule has 0 atom stereocenters. The molecule has 3 aliphatic carbocycles. The summed E-state index contributed by atoms with van der Waals surface area (Å²) in [5, 5.41) is 12.0. The quantitative estimate of drug-likeness (QED) is 0.105. The van der Waals surface area contributed by atoms with Crippen molar-refractivity contribution < 1.29 is 22.1 Å². The van der Waals surface area contributed by atoms with Gasteiger partial charge in [0.1, 0.15) is 27.9 Å². The Hall–Kier alpha value is -14.5. The van der Waals surface area contributed by atoms with Gasteiger partial charge in [0.05, 0.1) is 28.4 Å². The zero-order chi connectivity index (χ0) is 95.9. The number of rotatable bonds is 14. The van der Waals surface area contributed by atoms with E-state index in [2.05, 4.69) is 457 Å². The van der Waals surface area contributed by atoms with Crippen LogP contribution in [-0.4, -0.2) is 35.2 Å². The van der Waals surface area contributed by atoms with Crippen molar-refractivity contribution in [3.63, 3.8) is 0 Å². The Morgan fingerprint density at radius 3 is 0.770 bits per heavy atom. The summed E-state index contributed by atoms with van der Waals surface area (Å²) >= 11 is 0. The molecule has 5 aromatic heterocycles. The number of hydrogen-bond acceptors (Lipinski definition) is 10. The van der Waals surface area contributed by atoms with Gasteiger partial charge in [-0.1, -0.05) is 337 Å². The third-order valence-corrected chi connectivity index (χ3v) is 30.0. The molecule has 139 heavy (non-hydrogen) atoms.